The number of carbonyl (C=O) groups is 1. The number of halogens is 1. The largest absolute Gasteiger partial charge is 0.357 e. The number of rotatable bonds is 6. The second kappa shape index (κ2) is 7.61. The maximum atomic E-state index is 13.0. The topological polar surface area (TPSA) is 65.5 Å². The Kier molecular flexibility index (Phi) is 5.54. The van der Waals surface area contributed by atoms with E-state index in [0.717, 1.165) is 19.0 Å². The van der Waals surface area contributed by atoms with E-state index in [2.05, 4.69) is 20.9 Å². The van der Waals surface area contributed by atoms with Crippen LogP contribution in [0.5, 0.6) is 0 Å². The van der Waals surface area contributed by atoms with Gasteiger partial charge in [-0.2, -0.15) is 0 Å². The maximum Gasteiger partial charge on any atom is 0.246 e. The Morgan fingerprint density at radius 3 is 2.86 bits per heavy atom. The molecule has 0 aliphatic heterocycles. The molecule has 1 aliphatic rings. The third-order valence-electron chi connectivity index (χ3n) is 3.09. The molecule has 0 bridgehead atoms. The Hall–Kier alpha value is -2.11. The van der Waals surface area contributed by atoms with Crippen LogP contribution in [0.2, 0.25) is 0 Å². The number of aliphatic imine (C=N–C) groups is 1. The minimum Gasteiger partial charge on any atom is -0.357 e. The van der Waals surface area contributed by atoms with Gasteiger partial charge in [-0.25, -0.2) is 9.38 Å². The molecule has 0 atom stereocenters. The van der Waals surface area contributed by atoms with E-state index in [1.54, 1.807) is 12.1 Å². The Morgan fingerprint density at radius 2 is 2.19 bits per heavy atom. The first-order valence-electron chi connectivity index (χ1n) is 7.25. The summed E-state index contributed by atoms with van der Waals surface area (Å²) in [5.41, 5.74) is 0.436. The molecule has 1 amide bonds. The van der Waals surface area contributed by atoms with Crippen LogP contribution in [0.25, 0.3) is 0 Å². The molecule has 1 aromatic rings. The summed E-state index contributed by atoms with van der Waals surface area (Å²) < 4.78 is 13.0. The van der Waals surface area contributed by atoms with Crippen molar-refractivity contribution >= 4 is 17.6 Å². The number of amides is 1. The van der Waals surface area contributed by atoms with Crippen LogP contribution in [-0.2, 0) is 4.79 Å². The van der Waals surface area contributed by atoms with Crippen molar-refractivity contribution in [2.24, 2.45) is 10.9 Å². The van der Waals surface area contributed by atoms with Crippen LogP contribution in [0.4, 0.5) is 10.1 Å². The number of guanidine groups is 1. The van der Waals surface area contributed by atoms with E-state index in [1.807, 2.05) is 6.92 Å². The highest BCUT2D eigenvalue weighted by Gasteiger charge is 2.21. The lowest BCUT2D eigenvalue weighted by atomic mass is 10.3. The van der Waals surface area contributed by atoms with Crippen molar-refractivity contribution < 1.29 is 9.18 Å². The molecule has 0 saturated heterocycles. The molecule has 2 rings (SSSR count). The van der Waals surface area contributed by atoms with Gasteiger partial charge in [0.25, 0.3) is 0 Å². The summed E-state index contributed by atoms with van der Waals surface area (Å²) in [6.45, 7) is 3.59. The van der Waals surface area contributed by atoms with E-state index >= 15 is 0 Å². The molecular formula is C15H21FN4O. The molecule has 1 aliphatic carbocycles. The van der Waals surface area contributed by atoms with Crippen molar-refractivity contribution in [2.45, 2.75) is 19.8 Å². The summed E-state index contributed by atoms with van der Waals surface area (Å²) in [7, 11) is 0. The number of nitrogens with one attached hydrogen (secondary N) is 3. The highest BCUT2D eigenvalue weighted by Crippen LogP contribution is 2.27. The minimum absolute atomic E-state index is 0.00346. The first kappa shape index (κ1) is 15.3. The van der Waals surface area contributed by atoms with Crippen LogP contribution < -0.4 is 16.0 Å². The molecule has 21 heavy (non-hydrogen) atoms. The monoisotopic (exact) mass is 292 g/mol. The van der Waals surface area contributed by atoms with Gasteiger partial charge in [0.05, 0.1) is 0 Å². The molecular weight excluding hydrogens is 271 g/mol. The van der Waals surface area contributed by atoms with Crippen molar-refractivity contribution in [3.05, 3.63) is 30.1 Å². The van der Waals surface area contributed by atoms with Crippen molar-refractivity contribution in [3.63, 3.8) is 0 Å². The van der Waals surface area contributed by atoms with Crippen molar-refractivity contribution in [3.8, 4) is 0 Å². The van der Waals surface area contributed by atoms with Gasteiger partial charge >= 0.3 is 0 Å². The van der Waals surface area contributed by atoms with Crippen molar-refractivity contribution in [1.82, 2.24) is 10.6 Å². The van der Waals surface area contributed by atoms with Crippen LogP contribution >= 0.6 is 0 Å². The SMILES string of the molecule is CCNC(=NCC(=O)Nc1cccc(F)c1)NCC1CC1. The van der Waals surface area contributed by atoms with Crippen molar-refractivity contribution in [2.75, 3.05) is 25.0 Å². The lowest BCUT2D eigenvalue weighted by Gasteiger charge is -2.10. The van der Waals surface area contributed by atoms with Gasteiger partial charge in [-0.3, -0.25) is 4.79 Å². The zero-order chi connectivity index (χ0) is 15.1. The summed E-state index contributed by atoms with van der Waals surface area (Å²) >= 11 is 0. The number of hydrogen-bond acceptors (Lipinski definition) is 2. The average Bonchev–Trinajstić information content (AvgIpc) is 3.26. The molecule has 0 unspecified atom stereocenters. The van der Waals surface area contributed by atoms with Gasteiger partial charge in [-0.15, -0.1) is 0 Å². The second-order valence-electron chi connectivity index (χ2n) is 5.08. The fourth-order valence-corrected chi connectivity index (χ4v) is 1.82. The van der Waals surface area contributed by atoms with Crippen LogP contribution in [0, 0.1) is 11.7 Å². The quantitative estimate of drug-likeness (QED) is 0.552. The van der Waals surface area contributed by atoms with Crippen molar-refractivity contribution in [1.29, 1.82) is 0 Å². The van der Waals surface area contributed by atoms with E-state index in [-0.39, 0.29) is 18.3 Å². The zero-order valence-electron chi connectivity index (χ0n) is 12.2. The molecule has 114 valence electrons. The summed E-state index contributed by atoms with van der Waals surface area (Å²) in [5.74, 6) is 0.716. The van der Waals surface area contributed by atoms with E-state index in [0.29, 0.717) is 11.6 Å². The predicted octanol–water partition coefficient (Wildman–Crippen LogP) is 1.73. The van der Waals surface area contributed by atoms with Crippen LogP contribution in [-0.4, -0.2) is 31.5 Å². The summed E-state index contributed by atoms with van der Waals surface area (Å²) in [6.07, 6.45) is 2.51. The Balaban J connectivity index is 1.82. The van der Waals surface area contributed by atoms with E-state index in [4.69, 9.17) is 0 Å². The standard InChI is InChI=1S/C15H21FN4O/c1-2-17-15(18-9-11-6-7-11)19-10-14(21)20-13-5-3-4-12(16)8-13/h3-5,8,11H,2,6-7,9-10H2,1H3,(H,20,21)(H2,17,18,19). The molecule has 0 radical (unpaired) electrons. The van der Waals surface area contributed by atoms with Crippen LogP contribution in [0.1, 0.15) is 19.8 Å². The number of hydrogen-bond donors (Lipinski definition) is 3. The van der Waals surface area contributed by atoms with Gasteiger partial charge in [0.2, 0.25) is 5.91 Å². The van der Waals surface area contributed by atoms with Gasteiger partial charge in [-0.1, -0.05) is 6.07 Å². The van der Waals surface area contributed by atoms with Gasteiger partial charge in [-0.05, 0) is 43.9 Å². The molecule has 1 saturated carbocycles. The van der Waals surface area contributed by atoms with Crippen LogP contribution in [0.15, 0.2) is 29.3 Å². The van der Waals surface area contributed by atoms with Gasteiger partial charge in [0.1, 0.15) is 12.4 Å². The van der Waals surface area contributed by atoms with Gasteiger partial charge < -0.3 is 16.0 Å². The molecule has 1 aromatic carbocycles. The molecule has 1 fully saturated rings. The normalized spacial score (nSPS) is 14.7. The third-order valence-corrected chi connectivity index (χ3v) is 3.09. The molecule has 5 nitrogen and oxygen atoms in total. The summed E-state index contributed by atoms with van der Waals surface area (Å²) in [5, 5.41) is 8.92. The Morgan fingerprint density at radius 1 is 1.38 bits per heavy atom. The third kappa shape index (κ3) is 5.81. The number of benzene rings is 1. The van der Waals surface area contributed by atoms with E-state index in [1.165, 1.54) is 25.0 Å². The fourth-order valence-electron chi connectivity index (χ4n) is 1.82. The van der Waals surface area contributed by atoms with Crippen LogP contribution in [0.3, 0.4) is 0 Å². The smallest absolute Gasteiger partial charge is 0.246 e. The fraction of sp³-hybridized carbons (Fsp3) is 0.467. The summed E-state index contributed by atoms with van der Waals surface area (Å²) in [6, 6.07) is 5.80. The maximum absolute atomic E-state index is 13.0. The number of anilines is 1. The molecule has 0 spiro atoms. The molecule has 6 heteroatoms. The average molecular weight is 292 g/mol. The number of carbonyl (C=O) groups excluding carboxylic acids is 1. The first-order valence-corrected chi connectivity index (χ1v) is 7.25. The molecule has 0 aromatic heterocycles. The Bertz CT molecular complexity index is 514. The van der Waals surface area contributed by atoms with Gasteiger partial charge in [0.15, 0.2) is 5.96 Å². The lowest BCUT2D eigenvalue weighted by molar-refractivity contribution is -0.114. The first-order chi connectivity index (χ1) is 10.2. The lowest BCUT2D eigenvalue weighted by Crippen LogP contribution is -2.39. The van der Waals surface area contributed by atoms with Gasteiger partial charge in [0, 0.05) is 18.8 Å². The zero-order valence-corrected chi connectivity index (χ0v) is 12.2. The predicted molar refractivity (Wildman–Crippen MR) is 81.7 cm³/mol. The molecule has 3 N–H and O–H groups in total. The van der Waals surface area contributed by atoms with E-state index in [9.17, 15) is 9.18 Å². The Labute approximate surface area is 124 Å². The number of nitrogens with zero attached hydrogens (tertiary/aromatic N) is 1. The van der Waals surface area contributed by atoms with E-state index < -0.39 is 0 Å². The second-order valence-corrected chi connectivity index (χ2v) is 5.08. The minimum atomic E-state index is -0.379. The molecule has 0 heterocycles. The highest BCUT2D eigenvalue weighted by atomic mass is 19.1. The highest BCUT2D eigenvalue weighted by molar-refractivity contribution is 5.94. The summed E-state index contributed by atoms with van der Waals surface area (Å²) in [4.78, 5) is 16.0.